The highest BCUT2D eigenvalue weighted by molar-refractivity contribution is 6.21. The Kier molecular flexibility index (Phi) is 6.75. The molecule has 0 fully saturated rings. The monoisotopic (exact) mass is 588 g/mol. The van der Waals surface area contributed by atoms with Crippen LogP contribution in [0.2, 0.25) is 0 Å². The fourth-order valence-electron chi connectivity index (χ4n) is 5.99. The van der Waals surface area contributed by atoms with E-state index in [2.05, 4.69) is 41.4 Å². The summed E-state index contributed by atoms with van der Waals surface area (Å²) in [6.07, 6.45) is 3.70. The molecule has 0 amide bonds. The molecule has 0 radical (unpaired) electrons. The van der Waals surface area contributed by atoms with Crippen molar-refractivity contribution >= 4 is 21.5 Å². The largest absolute Gasteiger partial charge is 0.263 e. The van der Waals surface area contributed by atoms with E-state index in [9.17, 15) is 5.26 Å². The summed E-state index contributed by atoms with van der Waals surface area (Å²) in [5.74, 6) is 1.74. The lowest BCUT2D eigenvalue weighted by Gasteiger charge is -2.17. The van der Waals surface area contributed by atoms with Crippen molar-refractivity contribution in [1.29, 1.82) is 5.26 Å². The molecule has 0 saturated carbocycles. The molecule has 6 nitrogen and oxygen atoms in total. The van der Waals surface area contributed by atoms with E-state index >= 15 is 0 Å². The number of nitrogens with zero attached hydrogens (tertiary/aromatic N) is 6. The van der Waals surface area contributed by atoms with Crippen molar-refractivity contribution in [2.75, 3.05) is 0 Å². The summed E-state index contributed by atoms with van der Waals surface area (Å²) in [7, 11) is 0. The van der Waals surface area contributed by atoms with Gasteiger partial charge in [0.15, 0.2) is 17.5 Å². The van der Waals surface area contributed by atoms with Crippen LogP contribution in [-0.2, 0) is 0 Å². The molecular weight excluding hydrogens is 564 g/mol. The smallest absolute Gasteiger partial charge is 0.165 e. The summed E-state index contributed by atoms with van der Waals surface area (Å²) in [4.78, 5) is 24.1. The minimum absolute atomic E-state index is 0.383. The molecule has 0 spiro atoms. The summed E-state index contributed by atoms with van der Waals surface area (Å²) in [5, 5.41) is 13.8. The van der Waals surface area contributed by atoms with Crippen LogP contribution in [0.3, 0.4) is 0 Å². The zero-order valence-electron chi connectivity index (χ0n) is 24.5. The first-order chi connectivity index (χ1) is 22.8. The van der Waals surface area contributed by atoms with Crippen LogP contribution in [-0.4, -0.2) is 24.9 Å². The Labute approximate surface area is 265 Å². The highest BCUT2D eigenvalue weighted by atomic mass is 15.0. The van der Waals surface area contributed by atoms with E-state index in [0.717, 1.165) is 60.6 Å². The van der Waals surface area contributed by atoms with Gasteiger partial charge in [-0.1, -0.05) is 115 Å². The fourth-order valence-corrected chi connectivity index (χ4v) is 5.99. The Bertz CT molecular complexity index is 2320. The number of hydrogen-bond donors (Lipinski definition) is 0. The molecule has 8 aromatic rings. The lowest BCUT2D eigenvalue weighted by Crippen LogP contribution is -2.00. The van der Waals surface area contributed by atoms with Crippen molar-refractivity contribution in [3.63, 3.8) is 0 Å². The van der Waals surface area contributed by atoms with Gasteiger partial charge in [-0.15, -0.1) is 0 Å². The lowest BCUT2D eigenvalue weighted by atomic mass is 9.87. The predicted molar refractivity (Wildman–Crippen MR) is 182 cm³/mol. The van der Waals surface area contributed by atoms with E-state index < -0.39 is 0 Å². The Balaban J connectivity index is 1.36. The van der Waals surface area contributed by atoms with Gasteiger partial charge in [-0.05, 0) is 45.3 Å². The minimum atomic E-state index is 0.383. The average molecular weight is 589 g/mol. The van der Waals surface area contributed by atoms with Gasteiger partial charge in [-0.25, -0.2) is 19.9 Å². The maximum Gasteiger partial charge on any atom is 0.165 e. The van der Waals surface area contributed by atoms with Gasteiger partial charge < -0.3 is 0 Å². The van der Waals surface area contributed by atoms with Gasteiger partial charge >= 0.3 is 0 Å². The highest BCUT2D eigenvalue weighted by Gasteiger charge is 2.19. The molecule has 3 heterocycles. The van der Waals surface area contributed by atoms with E-state index in [-0.39, 0.29) is 0 Å². The average Bonchev–Trinajstić information content (AvgIpc) is 3.14. The number of rotatable bonds is 5. The third kappa shape index (κ3) is 4.83. The van der Waals surface area contributed by atoms with Crippen LogP contribution in [0.25, 0.3) is 78.1 Å². The lowest BCUT2D eigenvalue weighted by molar-refractivity contribution is 1.07. The van der Waals surface area contributed by atoms with E-state index in [1.807, 2.05) is 103 Å². The van der Waals surface area contributed by atoms with Gasteiger partial charge in [0.25, 0.3) is 0 Å². The van der Waals surface area contributed by atoms with E-state index in [1.165, 1.54) is 0 Å². The Hall–Kier alpha value is -6.58. The number of aromatic nitrogens is 5. The molecule has 5 aromatic carbocycles. The molecule has 6 heteroatoms. The van der Waals surface area contributed by atoms with E-state index in [0.29, 0.717) is 23.2 Å². The fraction of sp³-hybridized carbons (Fsp3) is 0. The molecule has 0 aliphatic rings. The first-order valence-corrected chi connectivity index (χ1v) is 14.9. The van der Waals surface area contributed by atoms with Gasteiger partial charge in [0.2, 0.25) is 0 Å². The van der Waals surface area contributed by atoms with Gasteiger partial charge in [0, 0.05) is 40.2 Å². The van der Waals surface area contributed by atoms with Crippen molar-refractivity contribution < 1.29 is 0 Å². The Morgan fingerprint density at radius 1 is 0.413 bits per heavy atom. The minimum Gasteiger partial charge on any atom is -0.263 e. The molecule has 0 N–H and O–H groups in total. The normalized spacial score (nSPS) is 11.0. The second-order valence-corrected chi connectivity index (χ2v) is 10.9. The molecule has 3 aromatic heterocycles. The Morgan fingerprint density at radius 3 is 1.43 bits per heavy atom. The second kappa shape index (κ2) is 11.5. The third-order valence-electron chi connectivity index (χ3n) is 8.04. The first kappa shape index (κ1) is 27.0. The zero-order valence-corrected chi connectivity index (χ0v) is 24.5. The zero-order chi connectivity index (χ0) is 30.9. The summed E-state index contributed by atoms with van der Waals surface area (Å²) < 4.78 is 0. The highest BCUT2D eigenvalue weighted by Crippen LogP contribution is 2.43. The van der Waals surface area contributed by atoms with Crippen molar-refractivity contribution in [3.8, 4) is 62.6 Å². The molecule has 214 valence electrons. The molecule has 8 rings (SSSR count). The van der Waals surface area contributed by atoms with Gasteiger partial charge in [0.1, 0.15) is 11.8 Å². The molecule has 0 aliphatic carbocycles. The van der Waals surface area contributed by atoms with Crippen LogP contribution in [0.1, 0.15) is 5.69 Å². The summed E-state index contributed by atoms with van der Waals surface area (Å²) in [6.45, 7) is 0. The van der Waals surface area contributed by atoms with Crippen molar-refractivity contribution in [3.05, 3.63) is 152 Å². The molecule has 46 heavy (non-hydrogen) atoms. The first-order valence-electron chi connectivity index (χ1n) is 14.9. The standard InChI is InChI=1S/C40H24N6/c41-23-30-16-11-21-35(43-30)37-33-19-9-7-17-31(33)36(32-18-8-10-20-34(32)37)28-22-29(25-42-24-28)40-45-38(26-12-3-1-4-13-26)44-39(46-40)27-14-5-2-6-15-27/h1-22,24-25H. The number of fused-ring (bicyclic) bond motifs is 2. The van der Waals surface area contributed by atoms with Crippen LogP contribution < -0.4 is 0 Å². The maximum atomic E-state index is 9.58. The van der Waals surface area contributed by atoms with Crippen LogP contribution in [0.4, 0.5) is 0 Å². The van der Waals surface area contributed by atoms with Gasteiger partial charge in [-0.3, -0.25) is 4.98 Å². The van der Waals surface area contributed by atoms with Crippen LogP contribution in [0, 0.1) is 11.3 Å². The van der Waals surface area contributed by atoms with Gasteiger partial charge in [-0.2, -0.15) is 5.26 Å². The molecule has 0 saturated heterocycles. The predicted octanol–water partition coefficient (Wildman–Crippen LogP) is 9.17. The van der Waals surface area contributed by atoms with Crippen LogP contribution >= 0.6 is 0 Å². The number of hydrogen-bond acceptors (Lipinski definition) is 6. The number of pyridine rings is 2. The maximum absolute atomic E-state index is 9.58. The van der Waals surface area contributed by atoms with Crippen LogP contribution in [0.15, 0.2) is 146 Å². The quantitative estimate of drug-likeness (QED) is 0.186. The Morgan fingerprint density at radius 2 is 0.891 bits per heavy atom. The number of benzene rings is 5. The summed E-state index contributed by atoms with van der Waals surface area (Å²) >= 11 is 0. The van der Waals surface area contributed by atoms with Crippen molar-refractivity contribution in [1.82, 2.24) is 24.9 Å². The molecule has 0 aliphatic heterocycles. The topological polar surface area (TPSA) is 88.2 Å². The van der Waals surface area contributed by atoms with Crippen LogP contribution in [0.5, 0.6) is 0 Å². The van der Waals surface area contributed by atoms with Crippen molar-refractivity contribution in [2.24, 2.45) is 0 Å². The summed E-state index contributed by atoms with van der Waals surface area (Å²) in [6, 6.07) is 46.4. The number of nitriles is 1. The molecule has 0 atom stereocenters. The van der Waals surface area contributed by atoms with E-state index in [4.69, 9.17) is 19.9 Å². The summed E-state index contributed by atoms with van der Waals surface area (Å²) in [5.41, 5.74) is 6.75. The van der Waals surface area contributed by atoms with E-state index in [1.54, 1.807) is 12.3 Å². The third-order valence-corrected chi connectivity index (χ3v) is 8.04. The second-order valence-electron chi connectivity index (χ2n) is 10.9. The van der Waals surface area contributed by atoms with Crippen molar-refractivity contribution in [2.45, 2.75) is 0 Å². The molecular formula is C40H24N6. The van der Waals surface area contributed by atoms with Gasteiger partial charge in [0.05, 0.1) is 5.69 Å². The SMILES string of the molecule is N#Cc1cccc(-c2c3ccccc3c(-c3cncc(-c4nc(-c5ccccc5)nc(-c5ccccc5)n4)c3)c3ccccc23)n1. The molecule has 0 bridgehead atoms. The molecule has 0 unspecified atom stereocenters.